The van der Waals surface area contributed by atoms with Gasteiger partial charge in [0.15, 0.2) is 6.10 Å². The van der Waals surface area contributed by atoms with Crippen molar-refractivity contribution in [2.45, 2.75) is 19.4 Å². The maximum atomic E-state index is 13.0. The number of rotatable bonds is 7. The molecule has 1 aromatic heterocycles. The number of carbonyl (C=O) groups excluding carboxylic acids is 2. The Labute approximate surface area is 209 Å². The summed E-state index contributed by atoms with van der Waals surface area (Å²) < 4.78 is 5.62. The minimum atomic E-state index is -0.859. The van der Waals surface area contributed by atoms with Gasteiger partial charge in [0.05, 0.1) is 28.0 Å². The standard InChI is InChI=1S/C31H24N2O3/c1-2-27(30(34)23-16-10-5-11-17-23)36-31(35)24-18-19-25-26(20-24)33-29(22-14-8-4-9-15-22)28(32-25)21-12-6-3-7-13-21/h3-20,27H,2H2,1H3. The monoisotopic (exact) mass is 472 g/mol. The molecule has 0 spiro atoms. The maximum Gasteiger partial charge on any atom is 0.338 e. The van der Waals surface area contributed by atoms with Crippen molar-refractivity contribution < 1.29 is 14.3 Å². The third kappa shape index (κ3) is 4.77. The number of hydrogen-bond donors (Lipinski definition) is 0. The molecular weight excluding hydrogens is 448 g/mol. The van der Waals surface area contributed by atoms with Gasteiger partial charge in [0, 0.05) is 16.7 Å². The van der Waals surface area contributed by atoms with Crippen molar-refractivity contribution in [3.05, 3.63) is 120 Å². The van der Waals surface area contributed by atoms with E-state index in [-0.39, 0.29) is 5.78 Å². The number of hydrogen-bond acceptors (Lipinski definition) is 5. The molecule has 0 aliphatic heterocycles. The number of Topliss-reactive ketones (excluding diaryl/α,β-unsaturated/α-hetero) is 1. The first-order valence-corrected chi connectivity index (χ1v) is 11.9. The van der Waals surface area contributed by atoms with Gasteiger partial charge in [0.25, 0.3) is 0 Å². The lowest BCUT2D eigenvalue weighted by atomic mass is 10.0. The van der Waals surface area contributed by atoms with Gasteiger partial charge in [0.1, 0.15) is 0 Å². The zero-order valence-corrected chi connectivity index (χ0v) is 19.8. The molecule has 36 heavy (non-hydrogen) atoms. The SMILES string of the molecule is CCC(OC(=O)c1ccc2nc(-c3ccccc3)c(-c3ccccc3)nc2c1)C(=O)c1ccccc1. The highest BCUT2D eigenvalue weighted by molar-refractivity contribution is 6.02. The average Bonchev–Trinajstić information content (AvgIpc) is 2.95. The van der Waals surface area contributed by atoms with Crippen LogP contribution in [0.3, 0.4) is 0 Å². The molecule has 176 valence electrons. The van der Waals surface area contributed by atoms with E-state index >= 15 is 0 Å². The number of esters is 1. The first kappa shape index (κ1) is 23.1. The van der Waals surface area contributed by atoms with Gasteiger partial charge < -0.3 is 4.74 Å². The van der Waals surface area contributed by atoms with E-state index in [1.165, 1.54) is 0 Å². The molecule has 4 aromatic carbocycles. The molecule has 0 N–H and O–H groups in total. The van der Waals surface area contributed by atoms with E-state index in [1.54, 1.807) is 42.5 Å². The zero-order chi connectivity index (χ0) is 24.9. The molecule has 5 rings (SSSR count). The van der Waals surface area contributed by atoms with Crippen molar-refractivity contribution in [3.8, 4) is 22.5 Å². The fraction of sp³-hybridized carbons (Fsp3) is 0.0968. The van der Waals surface area contributed by atoms with Crippen LogP contribution < -0.4 is 0 Å². The van der Waals surface area contributed by atoms with Gasteiger partial charge in [-0.15, -0.1) is 0 Å². The molecule has 5 heteroatoms. The van der Waals surface area contributed by atoms with Gasteiger partial charge in [-0.1, -0.05) is 97.9 Å². The quantitative estimate of drug-likeness (QED) is 0.193. The third-order valence-corrected chi connectivity index (χ3v) is 5.97. The van der Waals surface area contributed by atoms with Gasteiger partial charge in [0.2, 0.25) is 5.78 Å². The third-order valence-electron chi connectivity index (χ3n) is 5.97. The van der Waals surface area contributed by atoms with Gasteiger partial charge in [-0.2, -0.15) is 0 Å². The lowest BCUT2D eigenvalue weighted by Crippen LogP contribution is -2.26. The van der Waals surface area contributed by atoms with Gasteiger partial charge in [-0.25, -0.2) is 14.8 Å². The van der Waals surface area contributed by atoms with Crippen molar-refractivity contribution in [1.29, 1.82) is 0 Å². The van der Waals surface area contributed by atoms with Crippen LogP contribution >= 0.6 is 0 Å². The summed E-state index contributed by atoms with van der Waals surface area (Å²) in [5.41, 5.74) is 5.46. The Morgan fingerprint density at radius 3 is 1.75 bits per heavy atom. The number of carbonyl (C=O) groups is 2. The Hall–Kier alpha value is -4.64. The highest BCUT2D eigenvalue weighted by Gasteiger charge is 2.23. The Kier molecular flexibility index (Phi) is 6.63. The minimum Gasteiger partial charge on any atom is -0.450 e. The van der Waals surface area contributed by atoms with Gasteiger partial charge in [-0.3, -0.25) is 4.79 Å². The van der Waals surface area contributed by atoms with Crippen molar-refractivity contribution in [3.63, 3.8) is 0 Å². The predicted molar refractivity (Wildman–Crippen MR) is 141 cm³/mol. The van der Waals surface area contributed by atoms with E-state index < -0.39 is 12.1 Å². The smallest absolute Gasteiger partial charge is 0.338 e. The second kappa shape index (κ2) is 10.3. The molecule has 0 saturated carbocycles. The van der Waals surface area contributed by atoms with Crippen LogP contribution in [0.15, 0.2) is 109 Å². The van der Waals surface area contributed by atoms with E-state index in [9.17, 15) is 9.59 Å². The van der Waals surface area contributed by atoms with E-state index in [0.717, 1.165) is 22.5 Å². The second-order valence-electron chi connectivity index (χ2n) is 8.39. The molecular formula is C31H24N2O3. The van der Waals surface area contributed by atoms with Crippen LogP contribution in [0, 0.1) is 0 Å². The summed E-state index contributed by atoms with van der Waals surface area (Å²) in [4.78, 5) is 35.7. The van der Waals surface area contributed by atoms with Crippen LogP contribution in [0.4, 0.5) is 0 Å². The number of fused-ring (bicyclic) bond motifs is 1. The van der Waals surface area contributed by atoms with Crippen LogP contribution in [0.2, 0.25) is 0 Å². The Balaban J connectivity index is 1.51. The summed E-state index contributed by atoms with van der Waals surface area (Å²) in [6.07, 6.45) is -0.479. The minimum absolute atomic E-state index is 0.217. The highest BCUT2D eigenvalue weighted by Crippen LogP contribution is 2.31. The van der Waals surface area contributed by atoms with Crippen molar-refractivity contribution in [2.24, 2.45) is 0 Å². The summed E-state index contributed by atoms with van der Waals surface area (Å²) in [7, 11) is 0. The molecule has 0 aliphatic rings. The topological polar surface area (TPSA) is 69.2 Å². The zero-order valence-electron chi connectivity index (χ0n) is 19.8. The summed E-state index contributed by atoms with van der Waals surface area (Å²) in [6, 6.07) is 33.7. The number of ketones is 1. The van der Waals surface area contributed by atoms with Crippen molar-refractivity contribution in [2.75, 3.05) is 0 Å². The number of nitrogens with zero attached hydrogens (tertiary/aromatic N) is 2. The van der Waals surface area contributed by atoms with E-state index in [0.29, 0.717) is 28.6 Å². The Morgan fingerprint density at radius 1 is 0.667 bits per heavy atom. The van der Waals surface area contributed by atoms with Gasteiger partial charge in [-0.05, 0) is 24.6 Å². The van der Waals surface area contributed by atoms with E-state index in [1.807, 2.05) is 73.7 Å². The molecule has 0 aliphatic carbocycles. The highest BCUT2D eigenvalue weighted by atomic mass is 16.5. The summed E-state index contributed by atoms with van der Waals surface area (Å²) in [5.74, 6) is -0.783. The van der Waals surface area contributed by atoms with E-state index in [4.69, 9.17) is 14.7 Å². The molecule has 0 amide bonds. The summed E-state index contributed by atoms with van der Waals surface area (Å²) in [6.45, 7) is 1.82. The average molecular weight is 473 g/mol. The largest absolute Gasteiger partial charge is 0.450 e. The fourth-order valence-electron chi connectivity index (χ4n) is 4.08. The predicted octanol–water partition coefficient (Wildman–Crippen LogP) is 6.78. The fourth-order valence-corrected chi connectivity index (χ4v) is 4.08. The summed E-state index contributed by atoms with van der Waals surface area (Å²) in [5, 5.41) is 0. The normalized spacial score (nSPS) is 11.7. The molecule has 0 saturated heterocycles. The summed E-state index contributed by atoms with van der Waals surface area (Å²) >= 11 is 0. The molecule has 0 bridgehead atoms. The molecule has 1 heterocycles. The first-order valence-electron chi connectivity index (χ1n) is 11.9. The second-order valence-corrected chi connectivity index (χ2v) is 8.39. The first-order chi connectivity index (χ1) is 17.6. The molecule has 5 aromatic rings. The van der Waals surface area contributed by atoms with Crippen LogP contribution in [-0.2, 0) is 4.74 Å². The molecule has 1 unspecified atom stereocenters. The van der Waals surface area contributed by atoms with Crippen LogP contribution in [-0.4, -0.2) is 27.8 Å². The number of ether oxygens (including phenoxy) is 1. The Morgan fingerprint density at radius 2 is 1.19 bits per heavy atom. The van der Waals surface area contributed by atoms with Gasteiger partial charge >= 0.3 is 5.97 Å². The van der Waals surface area contributed by atoms with Crippen LogP contribution in [0.25, 0.3) is 33.5 Å². The van der Waals surface area contributed by atoms with Crippen molar-refractivity contribution >= 4 is 22.8 Å². The Bertz CT molecular complexity index is 1520. The van der Waals surface area contributed by atoms with E-state index in [2.05, 4.69) is 0 Å². The van der Waals surface area contributed by atoms with Crippen molar-refractivity contribution in [1.82, 2.24) is 9.97 Å². The molecule has 5 nitrogen and oxygen atoms in total. The lowest BCUT2D eigenvalue weighted by molar-refractivity contribution is 0.0277. The molecule has 0 fully saturated rings. The van der Waals surface area contributed by atoms with Crippen LogP contribution in [0.5, 0.6) is 0 Å². The molecule has 0 radical (unpaired) electrons. The maximum absolute atomic E-state index is 13.0. The number of benzene rings is 4. The lowest BCUT2D eigenvalue weighted by Gasteiger charge is -2.16. The molecule has 1 atom stereocenters. The number of aromatic nitrogens is 2. The van der Waals surface area contributed by atoms with Crippen LogP contribution in [0.1, 0.15) is 34.1 Å².